The summed E-state index contributed by atoms with van der Waals surface area (Å²) in [4.78, 5) is 80.5. The third-order valence-corrected chi connectivity index (χ3v) is 21.6. The largest absolute Gasteiger partial charge is 2.00 e. The second-order valence-electron chi connectivity index (χ2n) is 28.1. The second kappa shape index (κ2) is 50.3. The fourth-order valence-electron chi connectivity index (χ4n) is 11.5. The molecule has 694 valence electrons. The molecule has 1 saturated carbocycles. The Morgan fingerprint density at radius 3 is 0.654 bits per heavy atom. The van der Waals surface area contributed by atoms with Crippen LogP contribution in [0.4, 0.5) is 0 Å². The Kier molecular flexibility index (Phi) is 42.4. The van der Waals surface area contributed by atoms with Crippen molar-refractivity contribution in [2.75, 3.05) is 6.54 Å². The van der Waals surface area contributed by atoms with Crippen LogP contribution in [0.3, 0.4) is 0 Å². The van der Waals surface area contributed by atoms with Crippen LogP contribution in [0.5, 0.6) is 0 Å². The van der Waals surface area contributed by atoms with Gasteiger partial charge in [0.15, 0.2) is 0 Å². The second-order valence-corrected chi connectivity index (χ2v) is 34.4. The van der Waals surface area contributed by atoms with Crippen molar-refractivity contribution in [2.45, 2.75) is 111 Å². The molecular weight excluding hydrogens is 2130 g/mol. The molecule has 130 heavy (non-hydrogen) atoms. The molecule has 13 rings (SSSR count). The molecule has 8 aromatic carbocycles. The molecule has 2 atom stereocenters. The van der Waals surface area contributed by atoms with Crippen molar-refractivity contribution < 1.29 is 155 Å². The first kappa shape index (κ1) is 110. The maximum absolute atomic E-state index is 11.4. The van der Waals surface area contributed by atoms with Crippen molar-refractivity contribution in [1.82, 2.24) is 39.1 Å². The molecule has 0 saturated heterocycles. The van der Waals surface area contributed by atoms with E-state index in [1.807, 2.05) is 125 Å². The monoisotopic (exact) mass is 2220 g/mol. The van der Waals surface area contributed by atoms with Crippen LogP contribution in [0, 0.1) is 47.5 Å². The van der Waals surface area contributed by atoms with Crippen LogP contribution in [0.25, 0.3) is 79.2 Å². The number of carboxylic acids is 8. The molecule has 1 aliphatic carbocycles. The normalized spacial score (nSPS) is 12.5. The summed E-state index contributed by atoms with van der Waals surface area (Å²) in [5.74, 6) is -10.8. The minimum Gasteiger partial charge on any atom is -0.679 e. The van der Waals surface area contributed by atoms with Crippen LogP contribution in [-0.4, -0.2) is 174 Å². The van der Waals surface area contributed by atoms with E-state index in [0.717, 1.165) is 57.3 Å². The fraction of sp³-hybridized carbons (Fsp3) is 0.186. The number of aromatic nitrogens is 8. The van der Waals surface area contributed by atoms with Crippen molar-refractivity contribution in [2.24, 2.45) is 26.5 Å². The van der Waals surface area contributed by atoms with Crippen LogP contribution >= 0.6 is 0 Å². The van der Waals surface area contributed by atoms with Gasteiger partial charge in [-0.1, -0.05) is 145 Å². The Morgan fingerprint density at radius 1 is 0.346 bits per heavy atom. The molecule has 12 aromatic rings. The number of hydrogen-bond acceptors (Lipinski definition) is 20. The predicted molar refractivity (Wildman–Crippen MR) is 471 cm³/mol. The Balaban J connectivity index is 0.000000332. The summed E-state index contributed by atoms with van der Waals surface area (Å²) in [5, 5.41) is 104. The van der Waals surface area contributed by atoms with Crippen molar-refractivity contribution >= 4 is 87.8 Å². The number of benzene rings is 8. The molecule has 18 N–H and O–H groups in total. The smallest absolute Gasteiger partial charge is 0.679 e. The van der Waals surface area contributed by atoms with E-state index >= 15 is 0 Å². The van der Waals surface area contributed by atoms with Crippen molar-refractivity contribution in [1.29, 1.82) is 0 Å². The van der Waals surface area contributed by atoms with Gasteiger partial charge in [-0.3, -0.25) is 19.2 Å². The van der Waals surface area contributed by atoms with Gasteiger partial charge < -0.3 is 66.2 Å². The zero-order valence-corrected chi connectivity index (χ0v) is 77.5. The first-order chi connectivity index (χ1) is 59.9. The average molecular weight is 2220 g/mol. The number of carboxylic acid groups (broad SMARTS) is 8. The molecule has 44 heteroatoms. The van der Waals surface area contributed by atoms with E-state index in [9.17, 15) is 52.8 Å². The van der Waals surface area contributed by atoms with E-state index in [1.165, 1.54) is 67.8 Å². The van der Waals surface area contributed by atoms with E-state index in [4.69, 9.17) is 92.1 Å². The molecule has 4 aromatic heterocycles. The molecule has 0 amide bonds. The third-order valence-electron chi connectivity index (χ3n) is 17.8. The summed E-state index contributed by atoms with van der Waals surface area (Å²) in [7, 11) is -15.1. The predicted octanol–water partition coefficient (Wildman–Crippen LogP) is 10.5. The Hall–Kier alpha value is -12.7. The number of hydrogen-bond donors (Lipinski definition) is 12. The minimum absolute atomic E-state index is 0. The maximum atomic E-state index is 11.4. The summed E-state index contributed by atoms with van der Waals surface area (Å²) in [6, 6.07) is 61.8. The van der Waals surface area contributed by atoms with E-state index < -0.39 is 87.8 Å². The van der Waals surface area contributed by atoms with Crippen LogP contribution in [0.15, 0.2) is 238 Å². The van der Waals surface area contributed by atoms with Gasteiger partial charge in [0.2, 0.25) is 40.1 Å². The summed E-state index contributed by atoms with van der Waals surface area (Å²) >= 11 is 0. The average Bonchev–Trinajstić information content (AvgIpc) is 1.64. The number of nitrogens with one attached hydrogen (secondary N) is 2. The number of aryl methyl sites for hydroxylation is 4. The van der Waals surface area contributed by atoms with E-state index in [-0.39, 0.29) is 93.4 Å². The topological polar surface area (TPSA) is 658 Å². The van der Waals surface area contributed by atoms with E-state index in [2.05, 4.69) is 34.2 Å². The minimum atomic E-state index is -3.79. The number of aliphatic carboxylic acids is 8. The molecule has 0 spiro atoms. The molecule has 0 bridgehead atoms. The fourth-order valence-corrected chi connectivity index (χ4v) is 13.6. The first-order valence-corrected chi connectivity index (χ1v) is 44.1. The van der Waals surface area contributed by atoms with Crippen LogP contribution in [0.1, 0.15) is 77.1 Å². The van der Waals surface area contributed by atoms with Gasteiger partial charge in [0, 0.05) is 22.3 Å². The van der Waals surface area contributed by atoms with Crippen LogP contribution < -0.4 is 20.6 Å². The summed E-state index contributed by atoms with van der Waals surface area (Å²) in [6.07, 6.45) is 4.70. The molecule has 4 heterocycles. The zero-order valence-electron chi connectivity index (χ0n) is 69.7. The number of carbonyl (C=O) groups is 8. The standard InChI is InChI=1S/4C18H17N3O4S.C7H13N.C3H7N.2C2H2O4.2Pt/c4*1-12-2-4-13(5-3-12)17-10-14(11-18(22)23)20-21(17)15-6-8-16(9-7-15)26(19,24)25;1-6-4-2-3-5-7(6)8;1-2-3-4;2*3-1(4)2(5)6;;/h4*2-10H,11H2,1H3,(H,22,23)(H2,19,24,25);6-8H,1-5H2;4H,1-3H2;2*(H,3,4)(H,5,6);;/q;;;;2*-2;;;2*+2/t;;;;6-,7-;;;;;/m....1...../s1. The van der Waals surface area contributed by atoms with Gasteiger partial charge in [-0.25, -0.2) is 98.6 Å². The summed E-state index contributed by atoms with van der Waals surface area (Å²) in [5.41, 5.74) is 28.6. The van der Waals surface area contributed by atoms with E-state index in [1.54, 1.807) is 91.5 Å². The van der Waals surface area contributed by atoms with Gasteiger partial charge in [-0.05, 0) is 149 Å². The van der Waals surface area contributed by atoms with Crippen molar-refractivity contribution in [3.05, 3.63) is 289 Å². The van der Waals surface area contributed by atoms with Crippen LogP contribution in [0.2, 0.25) is 0 Å². The molecule has 1 fully saturated rings. The molecule has 0 radical (unpaired) electrons. The van der Waals surface area contributed by atoms with Crippen molar-refractivity contribution in [3.63, 3.8) is 0 Å². The molecule has 1 aliphatic rings. The Morgan fingerprint density at radius 2 is 0.523 bits per heavy atom. The first-order valence-electron chi connectivity index (χ1n) is 37.9. The maximum Gasteiger partial charge on any atom is 2.00 e. The van der Waals surface area contributed by atoms with Gasteiger partial charge in [0.05, 0.1) is 114 Å². The van der Waals surface area contributed by atoms with Crippen molar-refractivity contribution in [3.8, 4) is 67.8 Å². The Bertz CT molecular complexity index is 5600. The number of primary sulfonamides is 4. The summed E-state index contributed by atoms with van der Waals surface area (Å²) in [6.45, 7) is 15.7. The van der Waals surface area contributed by atoms with E-state index in [0.29, 0.717) is 80.8 Å². The number of rotatable bonds is 21. The number of sulfonamides is 4. The molecule has 0 unspecified atom stereocenters. The van der Waals surface area contributed by atoms with Gasteiger partial charge in [-0.15, -0.1) is 0 Å². The van der Waals surface area contributed by atoms with Gasteiger partial charge in [0.1, 0.15) is 0 Å². The van der Waals surface area contributed by atoms with Gasteiger partial charge in [-0.2, -0.15) is 38.9 Å². The molecule has 38 nitrogen and oxygen atoms in total. The quantitative estimate of drug-likeness (QED) is 0.0235. The third kappa shape index (κ3) is 35.1. The Labute approximate surface area is 777 Å². The number of nitrogens with zero attached hydrogens (tertiary/aromatic N) is 8. The van der Waals surface area contributed by atoms with Crippen LogP contribution in [-0.2, 0) is 146 Å². The SMILES string of the molecule is Cc1ccc(-c2cc(CC(=O)O)nn2-c2ccc(S(N)(=O)=O)cc2)cc1.Cc1ccc(-c2cc(CC(=O)O)nn2-c2ccc(S(N)(=O)=O)cc2)cc1.Cc1ccc(-c2cc(CC(=O)O)nn2-c2ccc(S(N)(=O)=O)cc2)cc1.Cc1ccc(-c2cc(CC(=O)O)nn2-c2ccc(S(N)(=O)=O)cc2)cc1.O=C(O)C(=O)O.O=C(O)C(=O)O.[CH2-]CC[NH-].[CH2-][C@@H]1CCCC[C@H]1[NH-].[Pt+2].[Pt+2]. The zero-order chi connectivity index (χ0) is 95.3. The summed E-state index contributed by atoms with van der Waals surface area (Å²) < 4.78 is 97.7. The molecule has 0 aliphatic heterocycles. The van der Waals surface area contributed by atoms with Gasteiger partial charge in [0.25, 0.3) is 0 Å². The van der Waals surface area contributed by atoms with Gasteiger partial charge >= 0.3 is 89.9 Å². The number of nitrogens with two attached hydrogens (primary N) is 4. The molecular formula is C86H92N14O24Pt2S4.